The van der Waals surface area contributed by atoms with Gasteiger partial charge in [-0.25, -0.2) is 0 Å². The molecule has 0 aromatic heterocycles. The molecule has 3 N–H and O–H groups in total. The molecular weight excluding hydrogens is 348 g/mol. The first-order valence-electron chi connectivity index (χ1n) is 8.81. The number of fused-ring (bicyclic) bond motifs is 1. The molecule has 0 bridgehead atoms. The fourth-order valence-corrected chi connectivity index (χ4v) is 2.83. The quantitative estimate of drug-likeness (QED) is 0.727. The van der Waals surface area contributed by atoms with E-state index >= 15 is 0 Å². The van der Waals surface area contributed by atoms with Crippen LogP contribution in [0.25, 0.3) is 0 Å². The van der Waals surface area contributed by atoms with Crippen LogP contribution >= 0.6 is 0 Å². The van der Waals surface area contributed by atoms with Gasteiger partial charge in [0.15, 0.2) is 29.0 Å². The zero-order chi connectivity index (χ0) is 19.2. The van der Waals surface area contributed by atoms with Crippen LogP contribution in [-0.4, -0.2) is 33.0 Å². The minimum absolute atomic E-state index is 0.0202. The molecule has 0 spiro atoms. The maximum absolute atomic E-state index is 12.4. The summed E-state index contributed by atoms with van der Waals surface area (Å²) >= 11 is 0. The third-order valence-electron chi connectivity index (χ3n) is 4.47. The van der Waals surface area contributed by atoms with Crippen LogP contribution in [-0.2, 0) is 17.9 Å². The highest BCUT2D eigenvalue weighted by Gasteiger charge is 2.17. The number of benzene rings is 2. The van der Waals surface area contributed by atoms with Crippen LogP contribution in [0.15, 0.2) is 36.4 Å². The highest BCUT2D eigenvalue weighted by Crippen LogP contribution is 2.32. The Morgan fingerprint density at radius 3 is 2.59 bits per heavy atom. The van der Waals surface area contributed by atoms with E-state index in [0.29, 0.717) is 24.6 Å². The van der Waals surface area contributed by atoms with E-state index in [1.54, 1.807) is 14.2 Å². The summed E-state index contributed by atoms with van der Waals surface area (Å²) in [5, 5.41) is 4.94. The minimum atomic E-state index is -0.216. The van der Waals surface area contributed by atoms with E-state index in [4.69, 9.17) is 18.9 Å². The van der Waals surface area contributed by atoms with Gasteiger partial charge in [-0.3, -0.25) is 4.79 Å². The van der Waals surface area contributed by atoms with Crippen molar-refractivity contribution in [1.29, 1.82) is 0 Å². The number of amides is 1. The molecule has 0 saturated carbocycles. The van der Waals surface area contributed by atoms with Gasteiger partial charge in [0.25, 0.3) is 5.91 Å². The maximum Gasteiger partial charge on any atom is 0.278 e. The molecule has 2 aromatic carbocycles. The Morgan fingerprint density at radius 1 is 1.07 bits per heavy atom. The topological polar surface area (TPSA) is 82.6 Å². The van der Waals surface area contributed by atoms with Gasteiger partial charge < -0.3 is 29.6 Å². The van der Waals surface area contributed by atoms with Crippen molar-refractivity contribution in [2.75, 3.05) is 21.0 Å². The molecule has 1 aliphatic heterocycles. The van der Waals surface area contributed by atoms with Gasteiger partial charge in [0.2, 0.25) is 6.79 Å². The van der Waals surface area contributed by atoms with Crippen molar-refractivity contribution in [2.45, 2.75) is 26.1 Å². The molecule has 2 aromatic rings. The molecule has 1 heterocycles. The van der Waals surface area contributed by atoms with Gasteiger partial charge in [0, 0.05) is 12.1 Å². The third kappa shape index (κ3) is 4.62. The first kappa shape index (κ1) is 18.8. The molecule has 3 rings (SSSR count). The standard InChI is InChI=1S/C20H24N2O5/c1-13(21-10-14-4-6-16(24-2)18(8-14)25-3)20(23)22-11-15-5-7-17-19(9-15)27-12-26-17/h4-9,13,21H,10-12H2,1-3H3,(H,22,23)/p+1/t13-/m0/s1. The Balaban J connectivity index is 1.49. The summed E-state index contributed by atoms with van der Waals surface area (Å²) in [5.74, 6) is 2.81. The third-order valence-corrected chi connectivity index (χ3v) is 4.47. The summed E-state index contributed by atoms with van der Waals surface area (Å²) in [6, 6.07) is 11.2. The van der Waals surface area contributed by atoms with E-state index in [9.17, 15) is 4.79 Å². The molecule has 0 saturated heterocycles. The molecule has 0 unspecified atom stereocenters. The monoisotopic (exact) mass is 373 g/mol. The van der Waals surface area contributed by atoms with Gasteiger partial charge in [0.1, 0.15) is 6.54 Å². The molecule has 7 nitrogen and oxygen atoms in total. The second-order valence-electron chi connectivity index (χ2n) is 6.32. The van der Waals surface area contributed by atoms with Crippen molar-refractivity contribution in [3.05, 3.63) is 47.5 Å². The van der Waals surface area contributed by atoms with Crippen molar-refractivity contribution in [1.82, 2.24) is 5.32 Å². The number of hydrogen-bond donors (Lipinski definition) is 2. The fourth-order valence-electron chi connectivity index (χ4n) is 2.83. The Kier molecular flexibility index (Phi) is 6.03. The number of carbonyl (C=O) groups is 1. The van der Waals surface area contributed by atoms with Gasteiger partial charge in [-0.1, -0.05) is 6.07 Å². The molecule has 0 fully saturated rings. The second kappa shape index (κ2) is 8.64. The number of nitrogens with one attached hydrogen (secondary N) is 1. The minimum Gasteiger partial charge on any atom is -0.493 e. The van der Waals surface area contributed by atoms with E-state index in [2.05, 4.69) is 5.32 Å². The molecule has 0 aliphatic carbocycles. The van der Waals surface area contributed by atoms with Crippen LogP contribution in [0.5, 0.6) is 23.0 Å². The zero-order valence-electron chi connectivity index (χ0n) is 15.8. The first-order valence-corrected chi connectivity index (χ1v) is 8.81. The van der Waals surface area contributed by atoms with Crippen molar-refractivity contribution in [3.8, 4) is 23.0 Å². The highest BCUT2D eigenvalue weighted by atomic mass is 16.7. The smallest absolute Gasteiger partial charge is 0.278 e. The normalized spacial score (nSPS) is 13.1. The Bertz CT molecular complexity index is 809. The molecule has 144 valence electrons. The lowest BCUT2D eigenvalue weighted by Crippen LogP contribution is -2.90. The number of methoxy groups -OCH3 is 2. The van der Waals surface area contributed by atoms with Crippen LogP contribution in [0.1, 0.15) is 18.1 Å². The Morgan fingerprint density at radius 2 is 1.81 bits per heavy atom. The number of hydrogen-bond acceptors (Lipinski definition) is 5. The second-order valence-corrected chi connectivity index (χ2v) is 6.32. The predicted octanol–water partition coefficient (Wildman–Crippen LogP) is 1.20. The average molecular weight is 373 g/mol. The molecule has 1 atom stereocenters. The van der Waals surface area contributed by atoms with E-state index in [1.165, 1.54) is 0 Å². The van der Waals surface area contributed by atoms with Crippen molar-refractivity contribution in [2.24, 2.45) is 0 Å². The fraction of sp³-hybridized carbons (Fsp3) is 0.350. The van der Waals surface area contributed by atoms with Crippen LogP contribution in [0.3, 0.4) is 0 Å². The SMILES string of the molecule is COc1ccc(C[NH2+][C@@H](C)C(=O)NCc2ccc3c(c2)OCO3)cc1OC. The molecular formula is C20H25N2O5+. The van der Waals surface area contributed by atoms with Gasteiger partial charge in [-0.05, 0) is 42.8 Å². The van der Waals surface area contributed by atoms with E-state index < -0.39 is 0 Å². The van der Waals surface area contributed by atoms with Crippen molar-refractivity contribution < 1.29 is 29.1 Å². The molecule has 0 radical (unpaired) electrons. The highest BCUT2D eigenvalue weighted by molar-refractivity contribution is 5.79. The van der Waals surface area contributed by atoms with E-state index in [-0.39, 0.29) is 18.7 Å². The predicted molar refractivity (Wildman–Crippen MR) is 99.0 cm³/mol. The summed E-state index contributed by atoms with van der Waals surface area (Å²) in [7, 11) is 3.22. The lowest BCUT2D eigenvalue weighted by atomic mass is 10.1. The lowest BCUT2D eigenvalue weighted by Gasteiger charge is -2.13. The van der Waals surface area contributed by atoms with E-state index in [1.807, 2.05) is 48.6 Å². The van der Waals surface area contributed by atoms with Crippen LogP contribution in [0, 0.1) is 0 Å². The number of quaternary nitrogens is 1. The molecule has 7 heteroatoms. The molecule has 27 heavy (non-hydrogen) atoms. The summed E-state index contributed by atoms with van der Waals surface area (Å²) in [6.45, 7) is 3.24. The van der Waals surface area contributed by atoms with E-state index in [0.717, 1.165) is 22.6 Å². The van der Waals surface area contributed by atoms with Crippen molar-refractivity contribution in [3.63, 3.8) is 0 Å². The summed E-state index contributed by atoms with van der Waals surface area (Å²) in [6.07, 6.45) is 0. The number of carbonyl (C=O) groups excluding carboxylic acids is 1. The summed E-state index contributed by atoms with van der Waals surface area (Å²) < 4.78 is 21.2. The molecule has 1 amide bonds. The van der Waals surface area contributed by atoms with Crippen LogP contribution < -0.4 is 29.6 Å². The van der Waals surface area contributed by atoms with Crippen molar-refractivity contribution >= 4 is 5.91 Å². The maximum atomic E-state index is 12.4. The number of ether oxygens (including phenoxy) is 4. The summed E-state index contributed by atoms with van der Waals surface area (Å²) in [5.41, 5.74) is 2.03. The largest absolute Gasteiger partial charge is 0.493 e. The summed E-state index contributed by atoms with van der Waals surface area (Å²) in [4.78, 5) is 12.4. The Labute approximate surface area is 158 Å². The Hall–Kier alpha value is -2.93. The van der Waals surface area contributed by atoms with Crippen LogP contribution in [0.2, 0.25) is 0 Å². The average Bonchev–Trinajstić information content (AvgIpc) is 3.17. The van der Waals surface area contributed by atoms with Gasteiger partial charge in [-0.2, -0.15) is 0 Å². The zero-order valence-corrected chi connectivity index (χ0v) is 15.8. The van der Waals surface area contributed by atoms with Gasteiger partial charge in [0.05, 0.1) is 14.2 Å². The number of rotatable bonds is 8. The lowest BCUT2D eigenvalue weighted by molar-refractivity contribution is -0.689. The number of nitrogens with two attached hydrogens (primary N) is 1. The van der Waals surface area contributed by atoms with Gasteiger partial charge in [-0.15, -0.1) is 0 Å². The first-order chi connectivity index (χ1) is 13.1. The molecule has 1 aliphatic rings. The van der Waals surface area contributed by atoms with Gasteiger partial charge >= 0.3 is 0 Å². The van der Waals surface area contributed by atoms with Crippen LogP contribution in [0.4, 0.5) is 0 Å².